The van der Waals surface area contributed by atoms with Crippen molar-refractivity contribution in [2.45, 2.75) is 29.1 Å². The van der Waals surface area contributed by atoms with Crippen LogP contribution in [0.3, 0.4) is 0 Å². The van der Waals surface area contributed by atoms with E-state index in [0.717, 1.165) is 30.5 Å². The summed E-state index contributed by atoms with van der Waals surface area (Å²) in [6.07, 6.45) is -2.49. The van der Waals surface area contributed by atoms with Crippen LogP contribution in [0.2, 0.25) is 0 Å². The molecule has 0 aliphatic heterocycles. The van der Waals surface area contributed by atoms with Crippen molar-refractivity contribution in [2.24, 2.45) is 5.92 Å². The molecule has 0 bridgehead atoms. The average Bonchev–Trinajstić information content (AvgIpc) is 3.26. The molecule has 1 N–H and O–H groups in total. The van der Waals surface area contributed by atoms with E-state index < -0.39 is 11.7 Å². The molecule has 1 heterocycles. The summed E-state index contributed by atoms with van der Waals surface area (Å²) in [5.74, 6) is 0.561. The molecule has 0 atom stereocenters. The molecule has 1 aromatic carbocycles. The number of nitrogens with one attached hydrogen (secondary N) is 1. The zero-order valence-corrected chi connectivity index (χ0v) is 13.4. The predicted octanol–water partition coefficient (Wildman–Crippen LogP) is 4.20. The maximum absolute atomic E-state index is 12.5. The van der Waals surface area contributed by atoms with Crippen molar-refractivity contribution in [3.8, 4) is 0 Å². The summed E-state index contributed by atoms with van der Waals surface area (Å²) >= 11 is 2.63. The van der Waals surface area contributed by atoms with Gasteiger partial charge >= 0.3 is 6.18 Å². The fourth-order valence-corrected chi connectivity index (χ4v) is 3.52. The molecule has 1 aliphatic rings. The zero-order valence-electron chi connectivity index (χ0n) is 11.8. The number of aromatic nitrogens is 2. The summed E-state index contributed by atoms with van der Waals surface area (Å²) in [5.41, 5.74) is 0.106. The minimum absolute atomic E-state index is 0.0274. The van der Waals surface area contributed by atoms with Crippen molar-refractivity contribution in [3.63, 3.8) is 0 Å². The maximum Gasteiger partial charge on any atom is 0.416 e. The van der Waals surface area contributed by atoms with Crippen LogP contribution in [0.1, 0.15) is 24.0 Å². The average molecular weight is 359 g/mol. The number of hydrogen-bond donors (Lipinski definition) is 1. The van der Waals surface area contributed by atoms with Crippen molar-refractivity contribution < 1.29 is 18.0 Å². The van der Waals surface area contributed by atoms with Crippen molar-refractivity contribution >= 4 is 34.1 Å². The van der Waals surface area contributed by atoms with Gasteiger partial charge in [-0.05, 0) is 30.5 Å². The molecule has 1 amide bonds. The van der Waals surface area contributed by atoms with Gasteiger partial charge in [-0.2, -0.15) is 13.2 Å². The number of rotatable bonds is 5. The van der Waals surface area contributed by atoms with Crippen LogP contribution in [0.25, 0.3) is 0 Å². The SMILES string of the molecule is O=C(Nc1nnc(SCc2ccc(C(F)(F)F)cc2)s1)C1CC1. The first kappa shape index (κ1) is 16.3. The highest BCUT2D eigenvalue weighted by Gasteiger charge is 2.30. The molecule has 122 valence electrons. The Hall–Kier alpha value is -1.61. The van der Waals surface area contributed by atoms with E-state index in [0.29, 0.717) is 15.2 Å². The van der Waals surface area contributed by atoms with Gasteiger partial charge in [-0.25, -0.2) is 0 Å². The van der Waals surface area contributed by atoms with E-state index in [1.165, 1.54) is 35.2 Å². The summed E-state index contributed by atoms with van der Waals surface area (Å²) in [6.45, 7) is 0. The molecule has 1 aromatic heterocycles. The second-order valence-corrected chi connectivity index (χ2v) is 7.32. The van der Waals surface area contributed by atoms with Crippen LogP contribution in [0.15, 0.2) is 28.6 Å². The Morgan fingerprint density at radius 2 is 1.96 bits per heavy atom. The molecule has 0 saturated heterocycles. The Morgan fingerprint density at radius 3 is 2.57 bits per heavy atom. The van der Waals surface area contributed by atoms with Gasteiger partial charge in [0.2, 0.25) is 11.0 Å². The van der Waals surface area contributed by atoms with Crippen LogP contribution in [-0.2, 0) is 16.7 Å². The van der Waals surface area contributed by atoms with Crippen molar-refractivity contribution in [1.82, 2.24) is 10.2 Å². The Labute approximate surface area is 138 Å². The number of halogens is 3. The third-order valence-electron chi connectivity index (χ3n) is 3.23. The first-order valence-corrected chi connectivity index (χ1v) is 8.65. The molecule has 23 heavy (non-hydrogen) atoms. The van der Waals surface area contributed by atoms with Gasteiger partial charge in [0, 0.05) is 11.7 Å². The Morgan fingerprint density at radius 1 is 1.26 bits per heavy atom. The number of carbonyl (C=O) groups excluding carboxylic acids is 1. The fourth-order valence-electron chi connectivity index (χ4n) is 1.81. The van der Waals surface area contributed by atoms with E-state index in [1.807, 2.05) is 0 Å². The van der Waals surface area contributed by atoms with Crippen LogP contribution < -0.4 is 5.32 Å². The molecule has 4 nitrogen and oxygen atoms in total. The van der Waals surface area contributed by atoms with E-state index in [1.54, 1.807) is 0 Å². The lowest BCUT2D eigenvalue weighted by molar-refractivity contribution is -0.137. The number of carbonyl (C=O) groups is 1. The molecule has 2 aromatic rings. The zero-order chi connectivity index (χ0) is 16.4. The van der Waals surface area contributed by atoms with E-state index >= 15 is 0 Å². The number of thioether (sulfide) groups is 1. The summed E-state index contributed by atoms with van der Waals surface area (Å²) < 4.78 is 38.1. The van der Waals surface area contributed by atoms with Gasteiger partial charge in [0.1, 0.15) is 0 Å². The second-order valence-electron chi connectivity index (χ2n) is 5.12. The molecule has 3 rings (SSSR count). The summed E-state index contributed by atoms with van der Waals surface area (Å²) in [5, 5.41) is 11.0. The van der Waals surface area contributed by atoms with E-state index in [2.05, 4.69) is 15.5 Å². The van der Waals surface area contributed by atoms with Gasteiger partial charge in [0.15, 0.2) is 4.34 Å². The predicted molar refractivity (Wildman–Crippen MR) is 82.3 cm³/mol. The smallest absolute Gasteiger partial charge is 0.300 e. The minimum atomic E-state index is -4.32. The monoisotopic (exact) mass is 359 g/mol. The molecular weight excluding hydrogens is 347 g/mol. The van der Waals surface area contributed by atoms with E-state index in [-0.39, 0.29) is 11.8 Å². The molecule has 1 aliphatic carbocycles. The molecule has 0 radical (unpaired) electrons. The summed E-state index contributed by atoms with van der Waals surface area (Å²) in [6, 6.07) is 5.04. The van der Waals surface area contributed by atoms with Crippen LogP contribution >= 0.6 is 23.1 Å². The lowest BCUT2D eigenvalue weighted by Crippen LogP contribution is -2.12. The number of amides is 1. The number of nitrogens with zero attached hydrogens (tertiary/aromatic N) is 2. The lowest BCUT2D eigenvalue weighted by Gasteiger charge is -2.06. The normalized spacial score (nSPS) is 14.7. The molecule has 1 saturated carbocycles. The van der Waals surface area contributed by atoms with Crippen molar-refractivity contribution in [3.05, 3.63) is 35.4 Å². The van der Waals surface area contributed by atoms with Crippen molar-refractivity contribution in [1.29, 1.82) is 0 Å². The molecular formula is C14H12F3N3OS2. The standard InChI is InChI=1S/C14H12F3N3OS2/c15-14(16,17)10-5-1-8(2-6-10)7-22-13-20-19-12(23-13)18-11(21)9-3-4-9/h1-2,5-6,9H,3-4,7H2,(H,18,19,21). The third-order valence-corrected chi connectivity index (χ3v) is 5.27. The number of anilines is 1. The Bertz CT molecular complexity index is 696. The fraction of sp³-hybridized carbons (Fsp3) is 0.357. The van der Waals surface area contributed by atoms with E-state index in [9.17, 15) is 18.0 Å². The summed E-state index contributed by atoms with van der Waals surface area (Å²) in [7, 11) is 0. The largest absolute Gasteiger partial charge is 0.416 e. The van der Waals surface area contributed by atoms with Gasteiger partial charge in [-0.3, -0.25) is 4.79 Å². The molecule has 0 unspecified atom stereocenters. The first-order valence-electron chi connectivity index (χ1n) is 6.85. The number of benzene rings is 1. The van der Waals surface area contributed by atoms with Crippen LogP contribution in [-0.4, -0.2) is 16.1 Å². The maximum atomic E-state index is 12.5. The quantitative estimate of drug-likeness (QED) is 0.642. The van der Waals surface area contributed by atoms with Gasteiger partial charge < -0.3 is 5.32 Å². The topological polar surface area (TPSA) is 54.9 Å². The number of hydrogen-bond acceptors (Lipinski definition) is 5. The number of alkyl halides is 3. The third kappa shape index (κ3) is 4.44. The Balaban J connectivity index is 1.54. The second kappa shape index (κ2) is 6.48. The highest BCUT2D eigenvalue weighted by atomic mass is 32.2. The van der Waals surface area contributed by atoms with Gasteiger partial charge in [0.05, 0.1) is 5.56 Å². The van der Waals surface area contributed by atoms with Crippen LogP contribution in [0.5, 0.6) is 0 Å². The Kier molecular flexibility index (Phi) is 4.58. The molecule has 1 fully saturated rings. The summed E-state index contributed by atoms with van der Waals surface area (Å²) in [4.78, 5) is 11.6. The van der Waals surface area contributed by atoms with Gasteiger partial charge in [-0.15, -0.1) is 10.2 Å². The highest BCUT2D eigenvalue weighted by Crippen LogP contribution is 2.33. The van der Waals surface area contributed by atoms with Crippen molar-refractivity contribution in [2.75, 3.05) is 5.32 Å². The van der Waals surface area contributed by atoms with Crippen LogP contribution in [0, 0.1) is 5.92 Å². The van der Waals surface area contributed by atoms with Crippen LogP contribution in [0.4, 0.5) is 18.3 Å². The van der Waals surface area contributed by atoms with Gasteiger partial charge in [-0.1, -0.05) is 35.2 Å². The van der Waals surface area contributed by atoms with E-state index in [4.69, 9.17) is 0 Å². The molecule has 0 spiro atoms. The lowest BCUT2D eigenvalue weighted by atomic mass is 10.1. The minimum Gasteiger partial charge on any atom is -0.300 e. The first-order chi connectivity index (χ1) is 10.9. The molecule has 9 heteroatoms. The highest BCUT2D eigenvalue weighted by molar-refractivity contribution is 8.00. The van der Waals surface area contributed by atoms with Gasteiger partial charge in [0.25, 0.3) is 0 Å².